The van der Waals surface area contributed by atoms with Crippen molar-refractivity contribution in [2.24, 2.45) is 11.1 Å². The molecule has 2 fully saturated rings. The summed E-state index contributed by atoms with van der Waals surface area (Å²) in [5.74, 6) is 0.0891. The molecular weight excluding hydrogens is 298 g/mol. The van der Waals surface area contributed by atoms with Gasteiger partial charge in [0.2, 0.25) is 5.91 Å². The zero-order valence-electron chi connectivity index (χ0n) is 13.0. The van der Waals surface area contributed by atoms with Crippen molar-refractivity contribution >= 4 is 23.2 Å². The summed E-state index contributed by atoms with van der Waals surface area (Å²) in [7, 11) is 0. The van der Waals surface area contributed by atoms with Crippen LogP contribution in [0.25, 0.3) is 0 Å². The molecule has 2 amide bonds. The maximum absolute atomic E-state index is 12.8. The maximum Gasteiger partial charge on any atom is 0.264 e. The van der Waals surface area contributed by atoms with Crippen molar-refractivity contribution in [2.45, 2.75) is 32.2 Å². The Hall–Kier alpha value is -1.40. The van der Waals surface area contributed by atoms with E-state index in [2.05, 4.69) is 6.92 Å². The van der Waals surface area contributed by atoms with E-state index in [0.717, 1.165) is 25.8 Å². The Labute approximate surface area is 135 Å². The summed E-state index contributed by atoms with van der Waals surface area (Å²) in [5, 5.41) is 1.90. The van der Waals surface area contributed by atoms with Gasteiger partial charge in [0.15, 0.2) is 0 Å². The highest BCUT2D eigenvalue weighted by Crippen LogP contribution is 2.31. The molecule has 3 rings (SSSR count). The summed E-state index contributed by atoms with van der Waals surface area (Å²) in [6.07, 6.45) is 2.61. The Morgan fingerprint density at radius 2 is 2.27 bits per heavy atom. The Kier molecular flexibility index (Phi) is 4.23. The van der Waals surface area contributed by atoms with E-state index in [1.165, 1.54) is 11.3 Å². The second-order valence-corrected chi connectivity index (χ2v) is 7.61. The molecule has 1 aromatic rings. The molecule has 3 heterocycles. The van der Waals surface area contributed by atoms with Crippen LogP contribution < -0.4 is 5.73 Å². The van der Waals surface area contributed by atoms with Crippen LogP contribution in [-0.2, 0) is 4.79 Å². The molecule has 6 heteroatoms. The van der Waals surface area contributed by atoms with E-state index in [1.807, 2.05) is 22.4 Å². The highest BCUT2D eigenvalue weighted by molar-refractivity contribution is 7.12. The molecule has 2 saturated heterocycles. The molecule has 2 unspecified atom stereocenters. The first-order valence-corrected chi connectivity index (χ1v) is 8.75. The summed E-state index contributed by atoms with van der Waals surface area (Å²) < 4.78 is 0. The van der Waals surface area contributed by atoms with Crippen molar-refractivity contribution in [2.75, 3.05) is 26.2 Å². The monoisotopic (exact) mass is 321 g/mol. The molecule has 2 N–H and O–H groups in total. The molecule has 0 aromatic carbocycles. The van der Waals surface area contributed by atoms with Gasteiger partial charge in [-0.15, -0.1) is 11.3 Å². The van der Waals surface area contributed by atoms with Gasteiger partial charge >= 0.3 is 0 Å². The zero-order valence-corrected chi connectivity index (χ0v) is 13.8. The first kappa shape index (κ1) is 15.5. The third-order valence-corrected chi connectivity index (χ3v) is 5.75. The maximum atomic E-state index is 12.8. The lowest BCUT2D eigenvalue weighted by Gasteiger charge is -2.29. The van der Waals surface area contributed by atoms with Gasteiger partial charge in [0.25, 0.3) is 5.91 Å². The number of rotatable bonds is 3. The Morgan fingerprint density at radius 1 is 1.45 bits per heavy atom. The average molecular weight is 321 g/mol. The lowest BCUT2D eigenvalue weighted by Crippen LogP contribution is -2.47. The number of nitrogens with zero attached hydrogens (tertiary/aromatic N) is 2. The molecule has 1 aromatic heterocycles. The van der Waals surface area contributed by atoms with Crippen LogP contribution in [0.5, 0.6) is 0 Å². The second-order valence-electron chi connectivity index (χ2n) is 6.66. The lowest BCUT2D eigenvalue weighted by molar-refractivity contribution is -0.134. The smallest absolute Gasteiger partial charge is 0.264 e. The fourth-order valence-electron chi connectivity index (χ4n) is 3.40. The predicted octanol–water partition coefficient (Wildman–Crippen LogP) is 1.55. The van der Waals surface area contributed by atoms with Gasteiger partial charge in [-0.1, -0.05) is 13.0 Å². The molecule has 0 spiro atoms. The second kappa shape index (κ2) is 6.01. The van der Waals surface area contributed by atoms with Crippen LogP contribution in [0.1, 0.15) is 35.9 Å². The molecule has 22 heavy (non-hydrogen) atoms. The van der Waals surface area contributed by atoms with Crippen molar-refractivity contribution in [3.05, 3.63) is 22.4 Å². The topological polar surface area (TPSA) is 66.6 Å². The SMILES string of the molecule is CC1(CN)CCN(C(=O)C2CCCN2C(=O)c2cccs2)C1. The molecule has 0 bridgehead atoms. The molecular formula is C16H23N3O2S. The Morgan fingerprint density at radius 3 is 2.91 bits per heavy atom. The molecule has 2 aliphatic heterocycles. The van der Waals surface area contributed by atoms with Crippen LogP contribution >= 0.6 is 11.3 Å². The summed E-state index contributed by atoms with van der Waals surface area (Å²) in [6.45, 7) is 4.86. The number of hydrogen-bond donors (Lipinski definition) is 1. The standard InChI is InChI=1S/C16H23N3O2S/c1-16(10-17)6-8-18(11-16)14(20)12-4-2-7-19(12)15(21)13-5-3-9-22-13/h3,5,9,12H,2,4,6-8,10-11,17H2,1H3. The number of hydrogen-bond acceptors (Lipinski definition) is 4. The quantitative estimate of drug-likeness (QED) is 0.918. The van der Waals surface area contributed by atoms with E-state index in [0.29, 0.717) is 24.5 Å². The number of amides is 2. The van der Waals surface area contributed by atoms with E-state index < -0.39 is 0 Å². The highest BCUT2D eigenvalue weighted by atomic mass is 32.1. The number of nitrogens with two attached hydrogens (primary N) is 1. The third kappa shape index (κ3) is 2.77. The number of carbonyl (C=O) groups is 2. The Bertz CT molecular complexity index is 560. The van der Waals surface area contributed by atoms with E-state index in [-0.39, 0.29) is 23.3 Å². The number of thiophene rings is 1. The number of likely N-dealkylation sites (tertiary alicyclic amines) is 2. The van der Waals surface area contributed by atoms with Crippen molar-refractivity contribution in [3.63, 3.8) is 0 Å². The van der Waals surface area contributed by atoms with Crippen LogP contribution in [0.2, 0.25) is 0 Å². The van der Waals surface area contributed by atoms with E-state index in [9.17, 15) is 9.59 Å². The summed E-state index contributed by atoms with van der Waals surface area (Å²) >= 11 is 1.43. The first-order chi connectivity index (χ1) is 10.5. The van der Waals surface area contributed by atoms with Crippen LogP contribution in [0.3, 0.4) is 0 Å². The van der Waals surface area contributed by atoms with Gasteiger partial charge in [-0.3, -0.25) is 9.59 Å². The van der Waals surface area contributed by atoms with Crippen molar-refractivity contribution in [1.29, 1.82) is 0 Å². The Balaban J connectivity index is 1.71. The van der Waals surface area contributed by atoms with Gasteiger partial charge in [0.1, 0.15) is 6.04 Å². The molecule has 2 atom stereocenters. The van der Waals surface area contributed by atoms with Gasteiger partial charge in [0, 0.05) is 19.6 Å². The third-order valence-electron chi connectivity index (χ3n) is 4.89. The van der Waals surface area contributed by atoms with E-state index in [1.54, 1.807) is 4.90 Å². The molecule has 5 nitrogen and oxygen atoms in total. The average Bonchev–Trinajstić information content (AvgIpc) is 3.26. The predicted molar refractivity (Wildman–Crippen MR) is 86.7 cm³/mol. The molecule has 0 saturated carbocycles. The van der Waals surface area contributed by atoms with Gasteiger partial charge in [-0.25, -0.2) is 0 Å². The molecule has 0 aliphatic carbocycles. The summed E-state index contributed by atoms with van der Waals surface area (Å²) in [6, 6.07) is 3.40. The van der Waals surface area contributed by atoms with Crippen molar-refractivity contribution in [1.82, 2.24) is 9.80 Å². The molecule has 120 valence electrons. The molecule has 0 radical (unpaired) electrons. The minimum Gasteiger partial charge on any atom is -0.340 e. The number of carbonyl (C=O) groups excluding carboxylic acids is 2. The van der Waals surface area contributed by atoms with E-state index in [4.69, 9.17) is 5.73 Å². The van der Waals surface area contributed by atoms with Gasteiger partial charge in [-0.05, 0) is 42.7 Å². The van der Waals surface area contributed by atoms with Gasteiger partial charge in [-0.2, -0.15) is 0 Å². The molecule has 2 aliphatic rings. The fraction of sp³-hybridized carbons (Fsp3) is 0.625. The van der Waals surface area contributed by atoms with Crippen molar-refractivity contribution in [3.8, 4) is 0 Å². The van der Waals surface area contributed by atoms with Crippen molar-refractivity contribution < 1.29 is 9.59 Å². The van der Waals surface area contributed by atoms with Gasteiger partial charge < -0.3 is 15.5 Å². The van der Waals surface area contributed by atoms with Crippen LogP contribution in [0, 0.1) is 5.41 Å². The largest absolute Gasteiger partial charge is 0.340 e. The lowest BCUT2D eigenvalue weighted by atomic mass is 9.90. The van der Waals surface area contributed by atoms with Gasteiger partial charge in [0.05, 0.1) is 4.88 Å². The van der Waals surface area contributed by atoms with Crippen LogP contribution in [0.15, 0.2) is 17.5 Å². The van der Waals surface area contributed by atoms with Crippen LogP contribution in [-0.4, -0.2) is 53.8 Å². The summed E-state index contributed by atoms with van der Waals surface area (Å²) in [5.41, 5.74) is 5.85. The normalized spacial score (nSPS) is 28.4. The highest BCUT2D eigenvalue weighted by Gasteiger charge is 2.41. The minimum absolute atomic E-state index is 0.00775. The first-order valence-electron chi connectivity index (χ1n) is 7.87. The fourth-order valence-corrected chi connectivity index (χ4v) is 4.08. The van der Waals surface area contributed by atoms with E-state index >= 15 is 0 Å². The summed E-state index contributed by atoms with van der Waals surface area (Å²) in [4.78, 5) is 29.8. The minimum atomic E-state index is -0.297. The van der Waals surface area contributed by atoms with Crippen LogP contribution in [0.4, 0.5) is 0 Å². The zero-order chi connectivity index (χ0) is 15.7.